The van der Waals surface area contributed by atoms with E-state index < -0.39 is 11.7 Å². The quantitative estimate of drug-likeness (QED) is 0.406. The number of hydrogen-bond acceptors (Lipinski definition) is 3. The van der Waals surface area contributed by atoms with Crippen molar-refractivity contribution < 1.29 is 9.50 Å². The molecule has 0 aliphatic rings. The third kappa shape index (κ3) is 3.78. The number of benzene rings is 2. The second-order valence-electron chi connectivity index (χ2n) is 6.89. The molecule has 3 nitrogen and oxygen atoms in total. The Hall–Kier alpha value is -2.69. The van der Waals surface area contributed by atoms with Crippen molar-refractivity contribution in [1.29, 1.82) is 0 Å². The molecule has 2 heterocycles. The smallest absolute Gasteiger partial charge is 0.145 e. The lowest BCUT2D eigenvalue weighted by molar-refractivity contribution is 0.468. The van der Waals surface area contributed by atoms with Gasteiger partial charge in [0.2, 0.25) is 0 Å². The molecule has 4 rings (SSSR count). The maximum Gasteiger partial charge on any atom is 0.145 e. The number of pyridine rings is 2. The fourth-order valence-corrected chi connectivity index (χ4v) is 4.12. The van der Waals surface area contributed by atoms with Crippen LogP contribution in [0.5, 0.6) is 5.75 Å². The second-order valence-corrected chi connectivity index (χ2v) is 7.73. The summed E-state index contributed by atoms with van der Waals surface area (Å²) in [5, 5.41) is 12.6. The van der Waals surface area contributed by atoms with E-state index in [1.807, 2.05) is 25.1 Å². The molecule has 1 atom stereocenters. The Labute approximate surface area is 177 Å². The summed E-state index contributed by atoms with van der Waals surface area (Å²) in [6.07, 6.45) is 3.52. The van der Waals surface area contributed by atoms with Crippen LogP contribution in [-0.4, -0.2) is 15.1 Å². The molecule has 146 valence electrons. The third-order valence-corrected chi connectivity index (χ3v) is 5.59. The van der Waals surface area contributed by atoms with Crippen LogP contribution in [0.25, 0.3) is 10.9 Å². The molecule has 0 fully saturated rings. The van der Waals surface area contributed by atoms with Gasteiger partial charge < -0.3 is 5.11 Å². The van der Waals surface area contributed by atoms with Gasteiger partial charge in [-0.1, -0.05) is 47.5 Å². The number of nitrogens with zero attached hydrogens (tertiary/aromatic N) is 2. The maximum atomic E-state index is 14.9. The molecule has 0 bridgehead atoms. The summed E-state index contributed by atoms with van der Waals surface area (Å²) in [5.41, 5.74) is 2.95. The van der Waals surface area contributed by atoms with Crippen molar-refractivity contribution >= 4 is 34.1 Å². The summed E-state index contributed by atoms with van der Waals surface area (Å²) in [7, 11) is 0. The van der Waals surface area contributed by atoms with Gasteiger partial charge in [0, 0.05) is 52.0 Å². The molecule has 6 heteroatoms. The van der Waals surface area contributed by atoms with Gasteiger partial charge in [-0.05, 0) is 36.8 Å². The Morgan fingerprint density at radius 3 is 2.66 bits per heavy atom. The van der Waals surface area contributed by atoms with Crippen LogP contribution < -0.4 is 0 Å². The normalized spacial score (nSPS) is 12.3. The molecule has 0 saturated heterocycles. The summed E-state index contributed by atoms with van der Waals surface area (Å²) >= 11 is 12.4. The molecular formula is C23H17Cl2FN2O. The van der Waals surface area contributed by atoms with Crippen LogP contribution in [0.3, 0.4) is 0 Å². The van der Waals surface area contributed by atoms with Gasteiger partial charge >= 0.3 is 0 Å². The SMILES string of the molecule is Cc1cc(Cl)cnc1CC(c1ccc2cccnc2c1O)c1c(F)cccc1Cl. The van der Waals surface area contributed by atoms with Crippen LogP contribution in [0.4, 0.5) is 4.39 Å². The number of fused-ring (bicyclic) bond motifs is 1. The predicted molar refractivity (Wildman–Crippen MR) is 114 cm³/mol. The molecule has 0 aliphatic heterocycles. The Morgan fingerprint density at radius 2 is 1.90 bits per heavy atom. The number of rotatable bonds is 4. The molecule has 29 heavy (non-hydrogen) atoms. The number of aromatic hydroxyl groups is 1. The van der Waals surface area contributed by atoms with E-state index in [4.69, 9.17) is 23.2 Å². The number of phenolic OH excluding ortho intramolecular Hbond substituents is 1. The number of halogens is 3. The van der Waals surface area contributed by atoms with E-state index in [-0.39, 0.29) is 5.75 Å². The first kappa shape index (κ1) is 19.6. The van der Waals surface area contributed by atoms with Crippen molar-refractivity contribution in [1.82, 2.24) is 9.97 Å². The minimum absolute atomic E-state index is 0.0130. The summed E-state index contributed by atoms with van der Waals surface area (Å²) in [6, 6.07) is 13.7. The number of aryl methyl sites for hydroxylation is 1. The van der Waals surface area contributed by atoms with E-state index in [2.05, 4.69) is 9.97 Å². The molecule has 0 aliphatic carbocycles. The van der Waals surface area contributed by atoms with Crippen LogP contribution in [0, 0.1) is 12.7 Å². The lowest BCUT2D eigenvalue weighted by Crippen LogP contribution is -2.11. The topological polar surface area (TPSA) is 46.0 Å². The number of phenols is 1. The van der Waals surface area contributed by atoms with E-state index in [1.165, 1.54) is 6.07 Å². The zero-order chi connectivity index (χ0) is 20.5. The summed E-state index contributed by atoms with van der Waals surface area (Å²) in [6.45, 7) is 1.90. The Bertz CT molecular complexity index is 1190. The van der Waals surface area contributed by atoms with Crippen molar-refractivity contribution in [3.8, 4) is 5.75 Å². The Balaban J connectivity index is 1.92. The molecule has 1 N–H and O–H groups in total. The van der Waals surface area contributed by atoms with Gasteiger partial charge in [-0.25, -0.2) is 4.39 Å². The van der Waals surface area contributed by atoms with E-state index in [0.717, 1.165) is 16.6 Å². The molecule has 0 amide bonds. The second kappa shape index (κ2) is 7.97. The highest BCUT2D eigenvalue weighted by Gasteiger charge is 2.26. The Kier molecular flexibility index (Phi) is 5.39. The molecule has 0 saturated carbocycles. The average Bonchev–Trinajstić information content (AvgIpc) is 2.69. The van der Waals surface area contributed by atoms with Crippen molar-refractivity contribution in [2.45, 2.75) is 19.3 Å². The first-order valence-electron chi connectivity index (χ1n) is 9.07. The minimum atomic E-state index is -0.553. The van der Waals surface area contributed by atoms with Gasteiger partial charge in [-0.15, -0.1) is 0 Å². The largest absolute Gasteiger partial charge is 0.505 e. The molecule has 1 unspecified atom stereocenters. The highest BCUT2D eigenvalue weighted by Crippen LogP contribution is 2.41. The highest BCUT2D eigenvalue weighted by atomic mass is 35.5. The van der Waals surface area contributed by atoms with E-state index in [1.54, 1.807) is 36.7 Å². The van der Waals surface area contributed by atoms with E-state index >= 15 is 0 Å². The summed E-state index contributed by atoms with van der Waals surface area (Å²) in [4.78, 5) is 8.71. The summed E-state index contributed by atoms with van der Waals surface area (Å²) in [5.74, 6) is -0.976. The lowest BCUT2D eigenvalue weighted by atomic mass is 9.85. The number of hydrogen-bond donors (Lipinski definition) is 1. The fraction of sp³-hybridized carbons (Fsp3) is 0.130. The zero-order valence-electron chi connectivity index (χ0n) is 15.5. The summed E-state index contributed by atoms with van der Waals surface area (Å²) < 4.78 is 14.9. The van der Waals surface area contributed by atoms with Crippen LogP contribution in [0.15, 0.2) is 60.9 Å². The Morgan fingerprint density at radius 1 is 1.07 bits per heavy atom. The van der Waals surface area contributed by atoms with Gasteiger partial charge in [0.25, 0.3) is 0 Å². The van der Waals surface area contributed by atoms with Crippen LogP contribution in [0.1, 0.15) is 28.3 Å². The van der Waals surface area contributed by atoms with Gasteiger partial charge in [0.05, 0.1) is 5.02 Å². The van der Waals surface area contributed by atoms with Gasteiger partial charge in [-0.3, -0.25) is 9.97 Å². The van der Waals surface area contributed by atoms with Crippen LogP contribution >= 0.6 is 23.2 Å². The first-order valence-corrected chi connectivity index (χ1v) is 9.83. The van der Waals surface area contributed by atoms with Crippen molar-refractivity contribution in [2.24, 2.45) is 0 Å². The molecular weight excluding hydrogens is 410 g/mol. The van der Waals surface area contributed by atoms with Gasteiger partial charge in [0.1, 0.15) is 17.1 Å². The number of aromatic nitrogens is 2. The van der Waals surface area contributed by atoms with Crippen LogP contribution in [-0.2, 0) is 6.42 Å². The average molecular weight is 427 g/mol. The molecule has 0 spiro atoms. The van der Waals surface area contributed by atoms with Gasteiger partial charge in [-0.2, -0.15) is 0 Å². The van der Waals surface area contributed by atoms with Crippen molar-refractivity contribution in [2.75, 3.05) is 0 Å². The predicted octanol–water partition coefficient (Wildman–Crippen LogP) is 6.46. The standard InChI is InChI=1S/C23H17Cl2FN2O/c1-13-10-15(24)12-28-20(13)11-17(21-18(25)5-2-6-19(21)26)16-8-7-14-4-3-9-27-22(14)23(16)29/h2-10,12,17,29H,11H2,1H3. The highest BCUT2D eigenvalue weighted by molar-refractivity contribution is 6.31. The van der Waals surface area contributed by atoms with Crippen molar-refractivity contribution in [3.63, 3.8) is 0 Å². The first-order chi connectivity index (χ1) is 14.0. The molecule has 2 aromatic heterocycles. The molecule has 2 aromatic carbocycles. The fourth-order valence-electron chi connectivity index (χ4n) is 3.61. The van der Waals surface area contributed by atoms with Gasteiger partial charge in [0.15, 0.2) is 0 Å². The maximum absolute atomic E-state index is 14.9. The monoisotopic (exact) mass is 426 g/mol. The van der Waals surface area contributed by atoms with Crippen LogP contribution in [0.2, 0.25) is 10.0 Å². The molecule has 4 aromatic rings. The lowest BCUT2D eigenvalue weighted by Gasteiger charge is -2.22. The van der Waals surface area contributed by atoms with Crippen molar-refractivity contribution in [3.05, 3.63) is 99.2 Å². The van der Waals surface area contributed by atoms with E-state index in [0.29, 0.717) is 33.1 Å². The van der Waals surface area contributed by atoms with E-state index in [9.17, 15) is 9.50 Å². The molecule has 0 radical (unpaired) electrons. The minimum Gasteiger partial charge on any atom is -0.505 e. The zero-order valence-corrected chi connectivity index (χ0v) is 17.0. The third-order valence-electron chi connectivity index (χ3n) is 5.05.